The fourth-order valence-electron chi connectivity index (χ4n) is 4.15. The van der Waals surface area contributed by atoms with Crippen LogP contribution in [0.25, 0.3) is 5.82 Å². The number of hydrogen-bond donors (Lipinski definition) is 2. The molecule has 33 heavy (non-hydrogen) atoms. The Hall–Kier alpha value is -3.39. The quantitative estimate of drug-likeness (QED) is 0.387. The van der Waals surface area contributed by atoms with Crippen molar-refractivity contribution >= 4 is 5.96 Å². The van der Waals surface area contributed by atoms with Crippen LogP contribution in [-0.2, 0) is 6.54 Å². The molecule has 1 aliphatic heterocycles. The van der Waals surface area contributed by atoms with Crippen molar-refractivity contribution < 1.29 is 4.74 Å². The van der Waals surface area contributed by atoms with Gasteiger partial charge in [0.2, 0.25) is 0 Å². The molecule has 1 aliphatic rings. The molecule has 0 aliphatic carbocycles. The van der Waals surface area contributed by atoms with Crippen molar-refractivity contribution in [2.75, 3.05) is 33.3 Å². The van der Waals surface area contributed by atoms with Gasteiger partial charge < -0.3 is 15.4 Å². The fourth-order valence-corrected chi connectivity index (χ4v) is 4.15. The minimum absolute atomic E-state index is 0.263. The summed E-state index contributed by atoms with van der Waals surface area (Å²) >= 11 is 0. The smallest absolute Gasteiger partial charge is 0.191 e. The van der Waals surface area contributed by atoms with Crippen LogP contribution in [0.5, 0.6) is 5.75 Å². The number of ether oxygens (including phenoxy) is 1. The first kappa shape index (κ1) is 22.8. The first-order chi connectivity index (χ1) is 16.3. The zero-order valence-corrected chi connectivity index (χ0v) is 19.4. The number of rotatable bonds is 9. The highest BCUT2D eigenvalue weighted by Gasteiger charge is 2.24. The number of guanidine groups is 1. The second kappa shape index (κ2) is 11.5. The minimum Gasteiger partial charge on any atom is -0.497 e. The SMILES string of the molecule is CCNC(=NCc1ccnc(-n2cccn2)c1)NCC(c1cccc(OC)c1)N1CCCC1. The zero-order chi connectivity index (χ0) is 22.9. The standard InChI is InChI=1S/C25H33N7O/c1-3-26-25(28-18-20-10-12-27-24(16-20)32-15-7-11-30-32)29-19-23(31-13-4-5-14-31)21-8-6-9-22(17-21)33-2/h6-12,15-17,23H,3-5,13-14,18-19H2,1-2H3,(H2,26,28,29). The predicted octanol–water partition coefficient (Wildman–Crippen LogP) is 3.17. The molecule has 0 bridgehead atoms. The number of benzene rings is 1. The summed E-state index contributed by atoms with van der Waals surface area (Å²) < 4.78 is 7.22. The van der Waals surface area contributed by atoms with Crippen LogP contribution >= 0.6 is 0 Å². The van der Waals surface area contributed by atoms with Crippen molar-refractivity contribution in [2.24, 2.45) is 4.99 Å². The molecule has 3 heterocycles. The van der Waals surface area contributed by atoms with Gasteiger partial charge in [-0.05, 0) is 74.3 Å². The predicted molar refractivity (Wildman–Crippen MR) is 131 cm³/mol. The van der Waals surface area contributed by atoms with Crippen LogP contribution in [0.15, 0.2) is 66.0 Å². The fraction of sp³-hybridized carbons (Fsp3) is 0.400. The van der Waals surface area contributed by atoms with Crippen LogP contribution in [-0.4, -0.2) is 58.9 Å². The van der Waals surface area contributed by atoms with Crippen molar-refractivity contribution in [3.8, 4) is 11.6 Å². The molecule has 174 valence electrons. The number of pyridine rings is 1. The van der Waals surface area contributed by atoms with Gasteiger partial charge >= 0.3 is 0 Å². The lowest BCUT2D eigenvalue weighted by Crippen LogP contribution is -2.42. The van der Waals surface area contributed by atoms with Crippen LogP contribution in [0.4, 0.5) is 0 Å². The van der Waals surface area contributed by atoms with Crippen molar-refractivity contribution in [3.05, 3.63) is 72.2 Å². The minimum atomic E-state index is 0.263. The summed E-state index contributed by atoms with van der Waals surface area (Å²) in [5, 5.41) is 11.2. The summed E-state index contributed by atoms with van der Waals surface area (Å²) in [7, 11) is 1.72. The van der Waals surface area contributed by atoms with E-state index in [0.717, 1.165) is 49.3 Å². The van der Waals surface area contributed by atoms with Gasteiger partial charge in [0, 0.05) is 31.7 Å². The molecule has 0 spiro atoms. The average molecular weight is 448 g/mol. The molecule has 0 amide bonds. The largest absolute Gasteiger partial charge is 0.497 e. The lowest BCUT2D eigenvalue weighted by Gasteiger charge is -2.29. The molecule has 0 saturated carbocycles. The average Bonchev–Trinajstić information content (AvgIpc) is 3.58. The highest BCUT2D eigenvalue weighted by molar-refractivity contribution is 5.79. The number of nitrogens with zero attached hydrogens (tertiary/aromatic N) is 5. The van der Waals surface area contributed by atoms with E-state index < -0.39 is 0 Å². The molecule has 4 rings (SSSR count). The van der Waals surface area contributed by atoms with E-state index in [1.807, 2.05) is 30.5 Å². The molecule has 2 aromatic heterocycles. The number of hydrogen-bond acceptors (Lipinski definition) is 5. The van der Waals surface area contributed by atoms with Crippen LogP contribution in [0, 0.1) is 0 Å². The third kappa shape index (κ3) is 6.10. The number of aromatic nitrogens is 3. The van der Waals surface area contributed by atoms with Gasteiger partial charge in [-0.25, -0.2) is 14.7 Å². The molecule has 0 radical (unpaired) electrons. The van der Waals surface area contributed by atoms with Crippen molar-refractivity contribution in [1.29, 1.82) is 0 Å². The normalized spacial score (nSPS) is 15.4. The lowest BCUT2D eigenvalue weighted by molar-refractivity contribution is 0.245. The van der Waals surface area contributed by atoms with Gasteiger partial charge in [-0.3, -0.25) is 4.90 Å². The Morgan fingerprint density at radius 2 is 2.00 bits per heavy atom. The van der Waals surface area contributed by atoms with E-state index >= 15 is 0 Å². The van der Waals surface area contributed by atoms with Gasteiger partial charge in [-0.1, -0.05) is 12.1 Å². The second-order valence-corrected chi connectivity index (χ2v) is 8.08. The monoisotopic (exact) mass is 447 g/mol. The van der Waals surface area contributed by atoms with E-state index in [1.54, 1.807) is 24.2 Å². The Morgan fingerprint density at radius 1 is 1.12 bits per heavy atom. The molecule has 1 fully saturated rings. The summed E-state index contributed by atoms with van der Waals surface area (Å²) in [6.45, 7) is 6.44. The number of likely N-dealkylation sites (tertiary alicyclic amines) is 1. The topological polar surface area (TPSA) is 79.6 Å². The number of aliphatic imine (C=N–C) groups is 1. The highest BCUT2D eigenvalue weighted by atomic mass is 16.5. The van der Waals surface area contributed by atoms with E-state index in [4.69, 9.17) is 9.73 Å². The second-order valence-electron chi connectivity index (χ2n) is 8.08. The van der Waals surface area contributed by atoms with E-state index in [2.05, 4.69) is 50.7 Å². The molecule has 1 unspecified atom stereocenters. The first-order valence-electron chi connectivity index (χ1n) is 11.6. The van der Waals surface area contributed by atoms with Gasteiger partial charge in [0.25, 0.3) is 0 Å². The van der Waals surface area contributed by atoms with Gasteiger partial charge in [0.05, 0.1) is 19.7 Å². The van der Waals surface area contributed by atoms with Gasteiger partial charge in [-0.2, -0.15) is 5.10 Å². The maximum absolute atomic E-state index is 5.47. The Bertz CT molecular complexity index is 1030. The van der Waals surface area contributed by atoms with Crippen LogP contribution < -0.4 is 15.4 Å². The molecule has 8 heteroatoms. The molecule has 3 aromatic rings. The maximum atomic E-state index is 5.47. The summed E-state index contributed by atoms with van der Waals surface area (Å²) in [5.74, 6) is 2.49. The highest BCUT2D eigenvalue weighted by Crippen LogP contribution is 2.27. The summed E-state index contributed by atoms with van der Waals surface area (Å²) in [6, 6.07) is 14.5. The summed E-state index contributed by atoms with van der Waals surface area (Å²) in [6.07, 6.45) is 7.93. The third-order valence-corrected chi connectivity index (χ3v) is 5.84. The van der Waals surface area contributed by atoms with Crippen LogP contribution in [0.2, 0.25) is 0 Å². The van der Waals surface area contributed by atoms with Crippen molar-refractivity contribution in [3.63, 3.8) is 0 Å². The van der Waals surface area contributed by atoms with E-state index in [1.165, 1.54) is 18.4 Å². The van der Waals surface area contributed by atoms with Gasteiger partial charge in [0.1, 0.15) is 5.75 Å². The Morgan fingerprint density at radius 3 is 2.76 bits per heavy atom. The zero-order valence-electron chi connectivity index (χ0n) is 19.4. The van der Waals surface area contributed by atoms with Crippen LogP contribution in [0.1, 0.15) is 36.9 Å². The summed E-state index contributed by atoms with van der Waals surface area (Å²) in [5.41, 5.74) is 2.34. The van der Waals surface area contributed by atoms with Crippen molar-refractivity contribution in [1.82, 2.24) is 30.3 Å². The van der Waals surface area contributed by atoms with E-state index in [0.29, 0.717) is 6.54 Å². The van der Waals surface area contributed by atoms with Gasteiger partial charge in [-0.15, -0.1) is 0 Å². The Balaban J connectivity index is 1.46. The molecular formula is C25H33N7O. The van der Waals surface area contributed by atoms with Crippen molar-refractivity contribution in [2.45, 2.75) is 32.4 Å². The molecule has 8 nitrogen and oxygen atoms in total. The molecule has 1 saturated heterocycles. The van der Waals surface area contributed by atoms with E-state index in [-0.39, 0.29) is 6.04 Å². The third-order valence-electron chi connectivity index (χ3n) is 5.84. The molecule has 2 N–H and O–H groups in total. The first-order valence-corrected chi connectivity index (χ1v) is 11.6. The lowest BCUT2D eigenvalue weighted by atomic mass is 10.1. The number of methoxy groups -OCH3 is 1. The molecular weight excluding hydrogens is 414 g/mol. The van der Waals surface area contributed by atoms with E-state index in [9.17, 15) is 0 Å². The maximum Gasteiger partial charge on any atom is 0.191 e. The number of nitrogens with one attached hydrogen (secondary N) is 2. The Labute approximate surface area is 195 Å². The van der Waals surface area contributed by atoms with Gasteiger partial charge in [0.15, 0.2) is 11.8 Å². The van der Waals surface area contributed by atoms with Crippen LogP contribution in [0.3, 0.4) is 0 Å². The molecule has 1 aromatic carbocycles. The Kier molecular flexibility index (Phi) is 7.92. The molecule has 1 atom stereocenters. The summed E-state index contributed by atoms with van der Waals surface area (Å²) in [4.78, 5) is 11.8.